The van der Waals surface area contributed by atoms with Crippen molar-refractivity contribution in [2.45, 2.75) is 39.0 Å². The molecule has 1 aromatic carbocycles. The van der Waals surface area contributed by atoms with Crippen LogP contribution in [-0.2, 0) is 0 Å². The third-order valence-corrected chi connectivity index (χ3v) is 4.72. The van der Waals surface area contributed by atoms with Crippen molar-refractivity contribution in [3.05, 3.63) is 35.6 Å². The molecule has 0 N–H and O–H groups in total. The van der Waals surface area contributed by atoms with Gasteiger partial charge in [0.25, 0.3) is 0 Å². The molecular formula is C14H19P. The lowest BCUT2D eigenvalue weighted by Gasteiger charge is -2.07. The number of fused-ring (bicyclic) bond motifs is 1. The highest BCUT2D eigenvalue weighted by Gasteiger charge is 2.07. The van der Waals surface area contributed by atoms with Crippen LogP contribution in [0.15, 0.2) is 30.3 Å². The van der Waals surface area contributed by atoms with Gasteiger partial charge in [-0.25, -0.2) is 0 Å². The van der Waals surface area contributed by atoms with Crippen molar-refractivity contribution in [2.24, 2.45) is 0 Å². The summed E-state index contributed by atoms with van der Waals surface area (Å²) in [6, 6.07) is 11.2. The van der Waals surface area contributed by atoms with Crippen LogP contribution in [0.2, 0.25) is 0 Å². The molecule has 0 fully saturated rings. The van der Waals surface area contributed by atoms with Crippen molar-refractivity contribution in [3.8, 4) is 0 Å². The van der Waals surface area contributed by atoms with E-state index < -0.39 is 0 Å². The Balaban J connectivity index is 2.20. The third kappa shape index (κ3) is 2.44. The van der Waals surface area contributed by atoms with Gasteiger partial charge >= 0.3 is 0 Å². The Bertz CT molecular complexity index is 395. The molecule has 0 nitrogen and oxygen atoms in total. The molecule has 0 aliphatic carbocycles. The van der Waals surface area contributed by atoms with Crippen molar-refractivity contribution in [3.63, 3.8) is 0 Å². The Hall–Kier alpha value is -0.740. The molecule has 2 aromatic rings. The number of hydrogen-bond donors (Lipinski definition) is 0. The number of benzene rings is 1. The minimum Gasteiger partial charge on any atom is -0.128 e. The van der Waals surface area contributed by atoms with E-state index in [1.54, 1.807) is 5.30 Å². The average Bonchev–Trinajstić information content (AvgIpc) is 2.69. The Kier molecular flexibility index (Phi) is 3.49. The standard InChI is InChI=1S/C14H19P/c1-3-4-7-11(2)14-10-12-8-5-6-9-13(12)15-14/h5-6,8-11,15H,3-4,7H2,1-2H3. The molecular weight excluding hydrogens is 199 g/mol. The van der Waals surface area contributed by atoms with Gasteiger partial charge in [0.15, 0.2) is 0 Å². The summed E-state index contributed by atoms with van der Waals surface area (Å²) >= 11 is 0. The summed E-state index contributed by atoms with van der Waals surface area (Å²) in [4.78, 5) is 0. The molecule has 0 saturated carbocycles. The predicted molar refractivity (Wildman–Crippen MR) is 71.4 cm³/mol. The van der Waals surface area contributed by atoms with Gasteiger partial charge in [-0.3, -0.25) is 0 Å². The zero-order valence-corrected chi connectivity index (χ0v) is 10.6. The highest BCUT2D eigenvalue weighted by atomic mass is 31.0. The lowest BCUT2D eigenvalue weighted by atomic mass is 10.0. The topological polar surface area (TPSA) is 0 Å². The minimum absolute atomic E-state index is 0.774. The number of unbranched alkanes of at least 4 members (excludes halogenated alkanes) is 1. The summed E-state index contributed by atoms with van der Waals surface area (Å²) < 4.78 is 0. The monoisotopic (exact) mass is 218 g/mol. The molecule has 80 valence electrons. The number of rotatable bonds is 4. The van der Waals surface area contributed by atoms with Crippen molar-refractivity contribution >= 4 is 18.7 Å². The van der Waals surface area contributed by atoms with Crippen molar-refractivity contribution in [1.82, 2.24) is 0 Å². The molecule has 15 heavy (non-hydrogen) atoms. The van der Waals surface area contributed by atoms with E-state index in [9.17, 15) is 0 Å². The first-order valence-corrected chi connectivity index (χ1v) is 6.89. The van der Waals surface area contributed by atoms with Gasteiger partial charge in [-0.05, 0) is 34.2 Å². The maximum absolute atomic E-state index is 2.41. The van der Waals surface area contributed by atoms with Crippen LogP contribution >= 0.6 is 8.19 Å². The summed E-state index contributed by atoms with van der Waals surface area (Å²) in [5.74, 6) is 0.774. The van der Waals surface area contributed by atoms with Crippen LogP contribution in [0.4, 0.5) is 0 Å². The molecule has 0 aliphatic heterocycles. The summed E-state index contributed by atoms with van der Waals surface area (Å²) in [5, 5.41) is 4.65. The van der Waals surface area contributed by atoms with Crippen LogP contribution in [0.1, 0.15) is 44.3 Å². The molecule has 2 rings (SSSR count). The first kappa shape index (κ1) is 10.8. The molecule has 0 radical (unpaired) electrons. The van der Waals surface area contributed by atoms with Gasteiger partial charge in [-0.2, -0.15) is 0 Å². The molecule has 2 unspecified atom stereocenters. The number of hydrogen-bond acceptors (Lipinski definition) is 0. The second-order valence-electron chi connectivity index (χ2n) is 4.36. The molecule has 1 heteroatoms. The second kappa shape index (κ2) is 4.86. The zero-order chi connectivity index (χ0) is 10.7. The summed E-state index contributed by atoms with van der Waals surface area (Å²) in [7, 11) is 0.924. The first-order valence-electron chi connectivity index (χ1n) is 5.89. The van der Waals surface area contributed by atoms with Gasteiger partial charge in [-0.15, -0.1) is 8.19 Å². The summed E-state index contributed by atoms with van der Waals surface area (Å²) in [6.07, 6.45) is 4.02. The first-order chi connectivity index (χ1) is 7.31. The van der Waals surface area contributed by atoms with Gasteiger partial charge < -0.3 is 0 Å². The Morgan fingerprint density at radius 2 is 2.07 bits per heavy atom. The molecule has 0 saturated heterocycles. The van der Waals surface area contributed by atoms with Crippen LogP contribution in [0.5, 0.6) is 0 Å². The summed E-state index contributed by atoms with van der Waals surface area (Å²) in [5.41, 5.74) is 0. The van der Waals surface area contributed by atoms with E-state index in [1.807, 2.05) is 0 Å². The predicted octanol–water partition coefficient (Wildman–Crippen LogP) is 5.16. The van der Waals surface area contributed by atoms with Gasteiger partial charge in [0.2, 0.25) is 0 Å². The SMILES string of the molecule is CCCCC(C)c1cc2ccccc2[pH]1. The van der Waals surface area contributed by atoms with Crippen LogP contribution in [0, 0.1) is 0 Å². The van der Waals surface area contributed by atoms with E-state index in [4.69, 9.17) is 0 Å². The van der Waals surface area contributed by atoms with E-state index in [0.29, 0.717) is 0 Å². The zero-order valence-electron chi connectivity index (χ0n) is 9.59. The van der Waals surface area contributed by atoms with Gasteiger partial charge in [0.1, 0.15) is 0 Å². The van der Waals surface area contributed by atoms with Crippen molar-refractivity contribution in [2.75, 3.05) is 0 Å². The average molecular weight is 218 g/mol. The van der Waals surface area contributed by atoms with E-state index >= 15 is 0 Å². The van der Waals surface area contributed by atoms with Crippen molar-refractivity contribution < 1.29 is 0 Å². The fourth-order valence-electron chi connectivity index (χ4n) is 2.03. The lowest BCUT2D eigenvalue weighted by Crippen LogP contribution is -1.88. The van der Waals surface area contributed by atoms with E-state index in [2.05, 4.69) is 44.2 Å². The normalized spacial score (nSPS) is 13.7. The highest BCUT2D eigenvalue weighted by molar-refractivity contribution is 7.38. The fourth-order valence-corrected chi connectivity index (χ4v) is 3.44. The van der Waals surface area contributed by atoms with E-state index in [0.717, 1.165) is 14.1 Å². The molecule has 0 bridgehead atoms. The van der Waals surface area contributed by atoms with Crippen LogP contribution in [-0.4, -0.2) is 0 Å². The second-order valence-corrected chi connectivity index (χ2v) is 5.72. The fraction of sp³-hybridized carbons (Fsp3) is 0.429. The Labute approximate surface area is 93.8 Å². The maximum Gasteiger partial charge on any atom is -0.00155 e. The molecule has 1 aromatic heterocycles. The molecule has 0 aliphatic rings. The largest absolute Gasteiger partial charge is 0.128 e. The lowest BCUT2D eigenvalue weighted by molar-refractivity contribution is 0.632. The van der Waals surface area contributed by atoms with Gasteiger partial charge in [0.05, 0.1) is 0 Å². The Morgan fingerprint density at radius 1 is 1.27 bits per heavy atom. The van der Waals surface area contributed by atoms with Gasteiger partial charge in [0, 0.05) is 0 Å². The van der Waals surface area contributed by atoms with E-state index in [1.165, 1.54) is 29.8 Å². The van der Waals surface area contributed by atoms with Crippen LogP contribution in [0.25, 0.3) is 10.5 Å². The smallest absolute Gasteiger partial charge is 0.00155 e. The minimum atomic E-state index is 0.774. The van der Waals surface area contributed by atoms with E-state index in [-0.39, 0.29) is 0 Å². The van der Waals surface area contributed by atoms with Crippen LogP contribution < -0.4 is 0 Å². The summed E-state index contributed by atoms with van der Waals surface area (Å²) in [6.45, 7) is 4.65. The van der Waals surface area contributed by atoms with Gasteiger partial charge in [-0.1, -0.05) is 51.0 Å². The quantitative estimate of drug-likeness (QED) is 0.664. The molecule has 0 amide bonds. The third-order valence-electron chi connectivity index (χ3n) is 3.07. The van der Waals surface area contributed by atoms with Crippen LogP contribution in [0.3, 0.4) is 0 Å². The molecule has 2 atom stereocenters. The maximum atomic E-state index is 2.41. The Morgan fingerprint density at radius 3 is 2.80 bits per heavy atom. The molecule has 1 heterocycles. The molecule has 0 spiro atoms. The van der Waals surface area contributed by atoms with Crippen molar-refractivity contribution in [1.29, 1.82) is 0 Å². The highest BCUT2D eigenvalue weighted by Crippen LogP contribution is 2.36.